The molecule has 46 heavy (non-hydrogen) atoms. The zero-order chi connectivity index (χ0) is 32.5. The Bertz CT molecular complexity index is 1730. The van der Waals surface area contributed by atoms with E-state index in [1.54, 1.807) is 36.7 Å². The number of hydrogen-bond acceptors (Lipinski definition) is 9. The van der Waals surface area contributed by atoms with E-state index in [1.165, 1.54) is 10.7 Å². The van der Waals surface area contributed by atoms with Crippen LogP contribution in [0.15, 0.2) is 77.9 Å². The quantitative estimate of drug-likeness (QED) is 0.200. The van der Waals surface area contributed by atoms with Crippen LogP contribution in [0.4, 0.5) is 0 Å². The lowest BCUT2D eigenvalue weighted by Crippen LogP contribution is -2.36. The molecule has 2 aromatic carbocycles. The van der Waals surface area contributed by atoms with Crippen molar-refractivity contribution in [3.8, 4) is 34.5 Å². The topological polar surface area (TPSA) is 123 Å². The summed E-state index contributed by atoms with van der Waals surface area (Å²) in [7, 11) is 0. The number of likely N-dealkylation sites (tertiary alicyclic amines) is 1. The highest BCUT2D eigenvalue weighted by Gasteiger charge is 2.21. The molecule has 0 N–H and O–H groups in total. The van der Waals surface area contributed by atoms with Crippen LogP contribution < -0.4 is 10.3 Å². The van der Waals surface area contributed by atoms with Crippen molar-refractivity contribution in [3.05, 3.63) is 94.5 Å². The maximum atomic E-state index is 12.6. The minimum atomic E-state index is -0.434. The Hall–Kier alpha value is -4.88. The third-order valence-corrected chi connectivity index (χ3v) is 7.77. The molecule has 1 fully saturated rings. The van der Waals surface area contributed by atoms with Gasteiger partial charge in [-0.3, -0.25) is 9.59 Å². The first kappa shape index (κ1) is 32.5. The Balaban J connectivity index is 1.11. The van der Waals surface area contributed by atoms with Crippen LogP contribution in [0.2, 0.25) is 0 Å². The van der Waals surface area contributed by atoms with Crippen LogP contribution in [-0.4, -0.2) is 62.5 Å². The molecule has 1 aliphatic heterocycles. The molecule has 3 heterocycles. The van der Waals surface area contributed by atoms with Crippen LogP contribution >= 0.6 is 0 Å². The van der Waals surface area contributed by atoms with Gasteiger partial charge in [-0.15, -0.1) is 0 Å². The molecule has 4 aromatic rings. The molecule has 0 spiro atoms. The largest absolute Gasteiger partial charge is 0.490 e. The molecular formula is C36H40N6O4. The Morgan fingerprint density at radius 1 is 1.00 bits per heavy atom. The van der Waals surface area contributed by atoms with Gasteiger partial charge in [0, 0.05) is 23.6 Å². The van der Waals surface area contributed by atoms with Gasteiger partial charge in [-0.1, -0.05) is 30.3 Å². The lowest BCUT2D eigenvalue weighted by molar-refractivity contribution is -0.155. The van der Waals surface area contributed by atoms with Crippen molar-refractivity contribution in [3.63, 3.8) is 0 Å². The summed E-state index contributed by atoms with van der Waals surface area (Å²) in [5, 5.41) is 13.8. The van der Waals surface area contributed by atoms with E-state index >= 15 is 0 Å². The van der Waals surface area contributed by atoms with Crippen molar-refractivity contribution in [2.24, 2.45) is 5.92 Å². The lowest BCUT2D eigenvalue weighted by Gasteiger charge is -2.31. The molecule has 238 valence electrons. The number of esters is 1. The van der Waals surface area contributed by atoms with Crippen molar-refractivity contribution < 1.29 is 14.3 Å². The number of carbonyl (C=O) groups excluding carboxylic acids is 1. The van der Waals surface area contributed by atoms with E-state index < -0.39 is 5.60 Å². The van der Waals surface area contributed by atoms with Crippen molar-refractivity contribution in [1.29, 1.82) is 5.26 Å². The molecule has 2 aromatic heterocycles. The normalized spacial score (nSPS) is 14.0. The molecule has 10 nitrogen and oxygen atoms in total. The van der Waals surface area contributed by atoms with E-state index in [9.17, 15) is 14.9 Å². The van der Waals surface area contributed by atoms with Gasteiger partial charge in [0.25, 0.3) is 5.56 Å². The number of carbonyl (C=O) groups is 1. The van der Waals surface area contributed by atoms with E-state index in [-0.39, 0.29) is 18.1 Å². The van der Waals surface area contributed by atoms with Gasteiger partial charge < -0.3 is 14.4 Å². The minimum Gasteiger partial charge on any atom is -0.490 e. The summed E-state index contributed by atoms with van der Waals surface area (Å²) in [6.07, 6.45) is 6.75. The summed E-state index contributed by atoms with van der Waals surface area (Å²) < 4.78 is 12.9. The van der Waals surface area contributed by atoms with Gasteiger partial charge in [-0.05, 0) is 95.4 Å². The lowest BCUT2D eigenvalue weighted by atomic mass is 9.97. The fourth-order valence-electron chi connectivity index (χ4n) is 5.42. The average molecular weight is 621 g/mol. The molecule has 0 amide bonds. The summed E-state index contributed by atoms with van der Waals surface area (Å²) in [4.78, 5) is 36.0. The second kappa shape index (κ2) is 14.9. The summed E-state index contributed by atoms with van der Waals surface area (Å²) in [5.74, 6) is 1.53. The standard InChI is InChI=1S/C36H40N6O4/c1-36(2,3)46-34(44)11-6-16-41-17-14-26(15-18-41)25-45-31-22-38-35(39-23-31)30-10-5-8-28(20-30)24-42-33(43)13-12-32(40-42)29-9-4-7-27(19-29)21-37/h4-5,7-10,12-13,19-20,22-23,26H,6,11,14-18,24-25H2,1-3H3. The van der Waals surface area contributed by atoms with Crippen molar-refractivity contribution in [2.45, 2.75) is 58.6 Å². The molecule has 0 radical (unpaired) electrons. The smallest absolute Gasteiger partial charge is 0.306 e. The van der Waals surface area contributed by atoms with E-state index in [1.807, 2.05) is 51.1 Å². The van der Waals surface area contributed by atoms with Crippen LogP contribution in [0.3, 0.4) is 0 Å². The molecule has 0 aliphatic carbocycles. The van der Waals surface area contributed by atoms with Gasteiger partial charge in [0.15, 0.2) is 11.6 Å². The van der Waals surface area contributed by atoms with Gasteiger partial charge in [0.1, 0.15) is 5.60 Å². The first-order chi connectivity index (χ1) is 22.1. The Morgan fingerprint density at radius 2 is 1.74 bits per heavy atom. The number of benzene rings is 2. The highest BCUT2D eigenvalue weighted by molar-refractivity contribution is 5.69. The summed E-state index contributed by atoms with van der Waals surface area (Å²) in [5.41, 5.74) is 2.99. The third-order valence-electron chi connectivity index (χ3n) is 7.77. The summed E-state index contributed by atoms with van der Waals surface area (Å²) in [6.45, 7) is 9.47. The van der Waals surface area contributed by atoms with E-state index in [4.69, 9.17) is 9.47 Å². The molecule has 0 unspecified atom stereocenters. The Kier molecular flexibility index (Phi) is 10.6. The second-order valence-electron chi connectivity index (χ2n) is 12.6. The zero-order valence-corrected chi connectivity index (χ0v) is 26.7. The molecule has 1 aliphatic rings. The van der Waals surface area contributed by atoms with Gasteiger partial charge in [-0.25, -0.2) is 14.6 Å². The number of rotatable bonds is 11. The van der Waals surface area contributed by atoms with Gasteiger partial charge in [0.05, 0.1) is 42.9 Å². The molecule has 5 rings (SSSR count). The third kappa shape index (κ3) is 9.31. The summed E-state index contributed by atoms with van der Waals surface area (Å²) in [6, 6.07) is 20.2. The molecular weight excluding hydrogens is 580 g/mol. The number of nitrogens with zero attached hydrogens (tertiary/aromatic N) is 6. The maximum absolute atomic E-state index is 12.6. The molecule has 0 bridgehead atoms. The average Bonchev–Trinajstić information content (AvgIpc) is 3.05. The highest BCUT2D eigenvalue weighted by atomic mass is 16.6. The van der Waals surface area contributed by atoms with Crippen LogP contribution in [0.5, 0.6) is 5.75 Å². The van der Waals surface area contributed by atoms with Crippen molar-refractivity contribution >= 4 is 5.97 Å². The van der Waals surface area contributed by atoms with Crippen LogP contribution in [0.1, 0.15) is 57.6 Å². The number of ether oxygens (including phenoxy) is 2. The first-order valence-corrected chi connectivity index (χ1v) is 15.7. The van der Waals surface area contributed by atoms with Crippen LogP contribution in [0, 0.1) is 17.2 Å². The number of hydrogen-bond donors (Lipinski definition) is 0. The molecule has 1 saturated heterocycles. The molecule has 10 heteroatoms. The van der Waals surface area contributed by atoms with Gasteiger partial charge in [0.2, 0.25) is 0 Å². The predicted molar refractivity (Wildman–Crippen MR) is 175 cm³/mol. The summed E-state index contributed by atoms with van der Waals surface area (Å²) >= 11 is 0. The fraction of sp³-hybridized carbons (Fsp3) is 0.389. The minimum absolute atomic E-state index is 0.132. The predicted octanol–water partition coefficient (Wildman–Crippen LogP) is 5.50. The molecule has 0 atom stereocenters. The van der Waals surface area contributed by atoms with Gasteiger partial charge >= 0.3 is 5.97 Å². The Morgan fingerprint density at radius 3 is 2.48 bits per heavy atom. The number of piperidine rings is 1. The SMILES string of the molecule is CC(C)(C)OC(=O)CCCN1CCC(COc2cnc(-c3cccc(Cn4nc(-c5cccc(C#N)c5)ccc4=O)c3)nc2)CC1. The van der Waals surface area contributed by atoms with Crippen molar-refractivity contribution in [1.82, 2.24) is 24.6 Å². The van der Waals surface area contributed by atoms with E-state index in [2.05, 4.69) is 26.0 Å². The number of nitriles is 1. The molecule has 0 saturated carbocycles. The van der Waals surface area contributed by atoms with E-state index in [0.717, 1.165) is 55.6 Å². The van der Waals surface area contributed by atoms with Gasteiger partial charge in [-0.2, -0.15) is 10.4 Å². The highest BCUT2D eigenvalue weighted by Crippen LogP contribution is 2.22. The Labute approximate surface area is 269 Å². The zero-order valence-electron chi connectivity index (χ0n) is 26.7. The monoisotopic (exact) mass is 620 g/mol. The van der Waals surface area contributed by atoms with E-state index in [0.29, 0.717) is 41.8 Å². The first-order valence-electron chi connectivity index (χ1n) is 15.7. The van der Waals surface area contributed by atoms with Crippen LogP contribution in [0.25, 0.3) is 22.6 Å². The maximum Gasteiger partial charge on any atom is 0.306 e. The van der Waals surface area contributed by atoms with Crippen molar-refractivity contribution in [2.75, 3.05) is 26.2 Å². The second-order valence-corrected chi connectivity index (χ2v) is 12.6. The fourth-order valence-corrected chi connectivity index (χ4v) is 5.42. The van der Waals surface area contributed by atoms with Crippen LogP contribution in [-0.2, 0) is 16.1 Å². The number of aromatic nitrogens is 4.